The third kappa shape index (κ3) is 1.90. The lowest BCUT2D eigenvalue weighted by molar-refractivity contribution is 0.0157. The molecule has 0 spiro atoms. The highest BCUT2D eigenvalue weighted by molar-refractivity contribution is 5.20. The largest absolute Gasteiger partial charge is 0.463 e. The summed E-state index contributed by atoms with van der Waals surface area (Å²) in [5.41, 5.74) is 5.76. The Kier molecular flexibility index (Phi) is 2.99. The molecule has 3 nitrogen and oxygen atoms in total. The number of hydrogen-bond donors (Lipinski definition) is 2. The molecule has 1 aromatic heterocycles. The number of aliphatic hydroxyl groups is 1. The molecular formula is C15H23NO2. The van der Waals surface area contributed by atoms with Crippen molar-refractivity contribution in [1.82, 2.24) is 0 Å². The van der Waals surface area contributed by atoms with E-state index in [-0.39, 0.29) is 5.41 Å². The van der Waals surface area contributed by atoms with E-state index in [4.69, 9.17) is 10.2 Å². The molecule has 3 heteroatoms. The van der Waals surface area contributed by atoms with Crippen LogP contribution in [0.15, 0.2) is 16.5 Å². The van der Waals surface area contributed by atoms with E-state index in [0.29, 0.717) is 12.5 Å². The zero-order chi connectivity index (χ0) is 12.8. The molecular weight excluding hydrogens is 226 g/mol. The van der Waals surface area contributed by atoms with E-state index in [1.54, 1.807) is 0 Å². The van der Waals surface area contributed by atoms with Crippen molar-refractivity contribution in [1.29, 1.82) is 0 Å². The first-order valence-electron chi connectivity index (χ1n) is 7.14. The Morgan fingerprint density at radius 1 is 1.44 bits per heavy atom. The van der Waals surface area contributed by atoms with Gasteiger partial charge in [-0.1, -0.05) is 19.8 Å². The first-order chi connectivity index (χ1) is 8.66. The van der Waals surface area contributed by atoms with Crippen LogP contribution in [-0.2, 0) is 0 Å². The van der Waals surface area contributed by atoms with Crippen LogP contribution in [0.3, 0.4) is 0 Å². The summed E-state index contributed by atoms with van der Waals surface area (Å²) < 4.78 is 5.87. The maximum absolute atomic E-state index is 10.6. The first-order valence-corrected chi connectivity index (χ1v) is 7.14. The molecule has 0 bridgehead atoms. The fourth-order valence-electron chi connectivity index (χ4n) is 3.40. The van der Waals surface area contributed by atoms with E-state index in [1.807, 2.05) is 12.1 Å². The van der Waals surface area contributed by atoms with Crippen molar-refractivity contribution in [3.8, 4) is 0 Å². The van der Waals surface area contributed by atoms with Crippen LogP contribution in [0.1, 0.15) is 62.6 Å². The van der Waals surface area contributed by atoms with Gasteiger partial charge in [-0.3, -0.25) is 0 Å². The number of rotatable bonds is 4. The number of hydrogen-bond acceptors (Lipinski definition) is 3. The van der Waals surface area contributed by atoms with Gasteiger partial charge in [-0.15, -0.1) is 0 Å². The molecule has 0 aliphatic heterocycles. The minimum atomic E-state index is -0.534. The van der Waals surface area contributed by atoms with Crippen LogP contribution in [-0.4, -0.2) is 11.7 Å². The average molecular weight is 249 g/mol. The molecule has 2 aliphatic carbocycles. The van der Waals surface area contributed by atoms with Crippen LogP contribution in [0.2, 0.25) is 0 Å². The van der Waals surface area contributed by atoms with Gasteiger partial charge in [0.15, 0.2) is 0 Å². The third-order valence-electron chi connectivity index (χ3n) is 4.98. The van der Waals surface area contributed by atoms with Gasteiger partial charge in [-0.05, 0) is 37.3 Å². The lowest BCUT2D eigenvalue weighted by atomic mass is 9.79. The van der Waals surface area contributed by atoms with Crippen LogP contribution < -0.4 is 5.73 Å². The van der Waals surface area contributed by atoms with Gasteiger partial charge in [0.2, 0.25) is 0 Å². The lowest BCUT2D eigenvalue weighted by Crippen LogP contribution is -2.34. The second-order valence-electron chi connectivity index (χ2n) is 6.24. The van der Waals surface area contributed by atoms with Crippen LogP contribution >= 0.6 is 0 Å². The van der Waals surface area contributed by atoms with Crippen LogP contribution in [0.5, 0.6) is 0 Å². The molecule has 2 fully saturated rings. The monoisotopic (exact) mass is 249 g/mol. The van der Waals surface area contributed by atoms with Crippen LogP contribution in [0.25, 0.3) is 0 Å². The molecule has 1 aromatic rings. The van der Waals surface area contributed by atoms with Gasteiger partial charge in [0.25, 0.3) is 0 Å². The molecule has 0 aromatic carbocycles. The zero-order valence-corrected chi connectivity index (χ0v) is 11.1. The third-order valence-corrected chi connectivity index (χ3v) is 4.98. The number of aliphatic hydroxyl groups excluding tert-OH is 1. The quantitative estimate of drug-likeness (QED) is 0.862. The van der Waals surface area contributed by atoms with Crippen LogP contribution in [0.4, 0.5) is 0 Å². The van der Waals surface area contributed by atoms with Crippen molar-refractivity contribution in [2.24, 2.45) is 17.1 Å². The van der Waals surface area contributed by atoms with E-state index in [9.17, 15) is 5.11 Å². The normalized spacial score (nSPS) is 31.5. The maximum Gasteiger partial charge on any atom is 0.133 e. The Bertz CT molecular complexity index is 420. The topological polar surface area (TPSA) is 59.4 Å². The summed E-state index contributed by atoms with van der Waals surface area (Å²) in [6.45, 7) is 2.78. The van der Waals surface area contributed by atoms with Gasteiger partial charge in [-0.2, -0.15) is 0 Å². The molecule has 2 saturated carbocycles. The molecule has 1 heterocycles. The molecule has 0 radical (unpaired) electrons. The lowest BCUT2D eigenvalue weighted by Gasteiger charge is -2.31. The SMILES string of the molecule is CC1CC1c1ccc(C(O)C2(CN)CCCC2)o1. The smallest absolute Gasteiger partial charge is 0.133 e. The Morgan fingerprint density at radius 3 is 2.67 bits per heavy atom. The molecule has 2 aliphatic rings. The summed E-state index contributed by atoms with van der Waals surface area (Å²) in [6.07, 6.45) is 5.04. The van der Waals surface area contributed by atoms with Crippen molar-refractivity contribution in [3.05, 3.63) is 23.7 Å². The Hall–Kier alpha value is -0.800. The Labute approximate surface area is 108 Å². The van der Waals surface area contributed by atoms with E-state index < -0.39 is 6.10 Å². The summed E-state index contributed by atoms with van der Waals surface area (Å²) >= 11 is 0. The standard InChI is InChI=1S/C15H23NO2/c1-10-8-11(10)12-4-5-13(18-12)14(17)15(9-16)6-2-3-7-15/h4-5,10-11,14,17H,2-3,6-9,16H2,1H3. The second-order valence-corrected chi connectivity index (χ2v) is 6.24. The van der Waals surface area contributed by atoms with Gasteiger partial charge in [0.1, 0.15) is 17.6 Å². The summed E-state index contributed by atoms with van der Waals surface area (Å²) in [7, 11) is 0. The maximum atomic E-state index is 10.6. The fourth-order valence-corrected chi connectivity index (χ4v) is 3.40. The second kappa shape index (κ2) is 4.39. The zero-order valence-electron chi connectivity index (χ0n) is 11.1. The summed E-state index contributed by atoms with van der Waals surface area (Å²) in [5.74, 6) is 3.07. The van der Waals surface area contributed by atoms with Gasteiger partial charge in [0, 0.05) is 17.9 Å². The fraction of sp³-hybridized carbons (Fsp3) is 0.733. The molecule has 3 unspecified atom stereocenters. The molecule has 0 saturated heterocycles. The van der Waals surface area contributed by atoms with E-state index >= 15 is 0 Å². The van der Waals surface area contributed by atoms with E-state index in [2.05, 4.69) is 6.92 Å². The highest BCUT2D eigenvalue weighted by Crippen LogP contribution is 2.50. The van der Waals surface area contributed by atoms with Gasteiger partial charge in [-0.25, -0.2) is 0 Å². The molecule has 18 heavy (non-hydrogen) atoms. The minimum Gasteiger partial charge on any atom is -0.463 e. The Balaban J connectivity index is 1.79. The van der Waals surface area contributed by atoms with Crippen molar-refractivity contribution in [2.75, 3.05) is 6.54 Å². The highest BCUT2D eigenvalue weighted by Gasteiger charge is 2.43. The number of furan rings is 1. The summed E-state index contributed by atoms with van der Waals surface area (Å²) in [5, 5.41) is 10.6. The molecule has 3 N–H and O–H groups in total. The molecule has 3 atom stereocenters. The Morgan fingerprint density at radius 2 is 2.11 bits per heavy atom. The van der Waals surface area contributed by atoms with Crippen LogP contribution in [0, 0.1) is 11.3 Å². The summed E-state index contributed by atoms with van der Waals surface area (Å²) in [4.78, 5) is 0. The van der Waals surface area contributed by atoms with Crippen molar-refractivity contribution < 1.29 is 9.52 Å². The molecule has 100 valence electrons. The molecule has 0 amide bonds. The van der Waals surface area contributed by atoms with Gasteiger partial charge >= 0.3 is 0 Å². The minimum absolute atomic E-state index is 0.149. The van der Waals surface area contributed by atoms with Gasteiger partial charge < -0.3 is 15.3 Å². The predicted molar refractivity (Wildman–Crippen MR) is 70.1 cm³/mol. The number of nitrogens with two attached hydrogens (primary N) is 1. The summed E-state index contributed by atoms with van der Waals surface area (Å²) in [6, 6.07) is 3.98. The van der Waals surface area contributed by atoms with E-state index in [1.165, 1.54) is 19.3 Å². The van der Waals surface area contributed by atoms with Crippen molar-refractivity contribution in [2.45, 2.75) is 51.0 Å². The first kappa shape index (κ1) is 12.2. The van der Waals surface area contributed by atoms with Gasteiger partial charge in [0.05, 0.1) is 0 Å². The van der Waals surface area contributed by atoms with E-state index in [0.717, 1.165) is 30.3 Å². The highest BCUT2D eigenvalue weighted by atomic mass is 16.4. The predicted octanol–water partition coefficient (Wildman–Crippen LogP) is 2.96. The van der Waals surface area contributed by atoms with Crippen molar-refractivity contribution in [3.63, 3.8) is 0 Å². The molecule has 3 rings (SSSR count). The average Bonchev–Trinajstić information content (AvgIpc) is 2.89. The van der Waals surface area contributed by atoms with Crippen molar-refractivity contribution >= 4 is 0 Å².